The van der Waals surface area contributed by atoms with Crippen molar-refractivity contribution >= 4 is 27.1 Å². The first kappa shape index (κ1) is 16.7. The Bertz CT molecular complexity index is 741. The van der Waals surface area contributed by atoms with Gasteiger partial charge in [-0.05, 0) is 38.3 Å². The number of sulfone groups is 1. The van der Waals surface area contributed by atoms with Crippen LogP contribution in [0.15, 0.2) is 23.6 Å². The molecule has 0 radical (unpaired) electrons. The SMILES string of the molecule is CC(C)(C)S(=O)(=O)CCNC(=O)c1cc(-c2cccs2)[nH]n1. The van der Waals surface area contributed by atoms with E-state index in [1.54, 1.807) is 38.2 Å². The van der Waals surface area contributed by atoms with E-state index in [9.17, 15) is 13.2 Å². The monoisotopic (exact) mass is 341 g/mol. The van der Waals surface area contributed by atoms with Crippen LogP contribution in [-0.4, -0.2) is 41.6 Å². The third-order valence-electron chi connectivity index (χ3n) is 3.19. The molecule has 22 heavy (non-hydrogen) atoms. The van der Waals surface area contributed by atoms with Crippen LogP contribution in [0.25, 0.3) is 10.6 Å². The minimum atomic E-state index is -3.25. The Kier molecular flexibility index (Phi) is 4.72. The molecule has 0 saturated carbocycles. The van der Waals surface area contributed by atoms with Gasteiger partial charge >= 0.3 is 0 Å². The summed E-state index contributed by atoms with van der Waals surface area (Å²) in [5.41, 5.74) is 1.01. The van der Waals surface area contributed by atoms with Crippen LogP contribution in [0.4, 0.5) is 0 Å². The zero-order chi connectivity index (χ0) is 16.4. The molecular formula is C14H19N3O3S2. The van der Waals surface area contributed by atoms with E-state index in [-0.39, 0.29) is 23.9 Å². The summed E-state index contributed by atoms with van der Waals surface area (Å²) in [5, 5.41) is 11.3. The number of nitrogens with one attached hydrogen (secondary N) is 2. The second kappa shape index (κ2) is 6.21. The first-order valence-electron chi connectivity index (χ1n) is 6.80. The summed E-state index contributed by atoms with van der Waals surface area (Å²) >= 11 is 1.54. The molecule has 2 aromatic rings. The van der Waals surface area contributed by atoms with Crippen molar-refractivity contribution in [3.8, 4) is 10.6 Å². The Hall–Kier alpha value is -1.67. The second-order valence-corrected chi connectivity index (χ2v) is 9.64. The van der Waals surface area contributed by atoms with Crippen LogP contribution in [0, 0.1) is 0 Å². The van der Waals surface area contributed by atoms with Gasteiger partial charge in [-0.25, -0.2) is 8.42 Å². The van der Waals surface area contributed by atoms with Crippen molar-refractivity contribution in [1.82, 2.24) is 15.5 Å². The third kappa shape index (κ3) is 3.75. The highest BCUT2D eigenvalue weighted by atomic mass is 32.2. The van der Waals surface area contributed by atoms with Crippen molar-refractivity contribution in [2.75, 3.05) is 12.3 Å². The number of nitrogens with zero attached hydrogens (tertiary/aromatic N) is 1. The molecule has 0 aliphatic heterocycles. The van der Waals surface area contributed by atoms with E-state index < -0.39 is 14.6 Å². The smallest absolute Gasteiger partial charge is 0.271 e. The fourth-order valence-corrected chi connectivity index (χ4v) is 3.37. The summed E-state index contributed by atoms with van der Waals surface area (Å²) in [6.45, 7) is 5.00. The van der Waals surface area contributed by atoms with Crippen LogP contribution < -0.4 is 5.32 Å². The number of amides is 1. The Labute approximate surface area is 133 Å². The minimum Gasteiger partial charge on any atom is -0.350 e. The fraction of sp³-hybridized carbons (Fsp3) is 0.429. The van der Waals surface area contributed by atoms with E-state index in [0.717, 1.165) is 10.6 Å². The van der Waals surface area contributed by atoms with Crippen molar-refractivity contribution in [3.63, 3.8) is 0 Å². The van der Waals surface area contributed by atoms with Crippen LogP contribution in [0.3, 0.4) is 0 Å². The maximum Gasteiger partial charge on any atom is 0.271 e. The number of carbonyl (C=O) groups is 1. The lowest BCUT2D eigenvalue weighted by Gasteiger charge is -2.18. The van der Waals surface area contributed by atoms with Gasteiger partial charge in [-0.3, -0.25) is 9.89 Å². The average Bonchev–Trinajstić information content (AvgIpc) is 3.08. The second-order valence-electron chi connectivity index (χ2n) is 5.83. The lowest BCUT2D eigenvalue weighted by atomic mass is 10.3. The summed E-state index contributed by atoms with van der Waals surface area (Å²) in [4.78, 5) is 13.0. The van der Waals surface area contributed by atoms with Crippen LogP contribution in [0.2, 0.25) is 0 Å². The molecule has 0 aliphatic rings. The number of hydrogen-bond donors (Lipinski definition) is 2. The maximum absolute atomic E-state index is 12.0. The quantitative estimate of drug-likeness (QED) is 0.871. The molecule has 0 spiro atoms. The lowest BCUT2D eigenvalue weighted by molar-refractivity contribution is 0.0951. The van der Waals surface area contributed by atoms with Gasteiger partial charge in [0.15, 0.2) is 15.5 Å². The van der Waals surface area contributed by atoms with Crippen molar-refractivity contribution in [3.05, 3.63) is 29.3 Å². The molecule has 6 nitrogen and oxygen atoms in total. The predicted molar refractivity (Wildman–Crippen MR) is 87.8 cm³/mol. The molecule has 0 bridgehead atoms. The Morgan fingerprint density at radius 1 is 1.41 bits per heavy atom. The van der Waals surface area contributed by atoms with Gasteiger partial charge < -0.3 is 5.32 Å². The molecule has 2 heterocycles. The average molecular weight is 341 g/mol. The number of carbonyl (C=O) groups excluding carboxylic acids is 1. The molecule has 0 aliphatic carbocycles. The highest BCUT2D eigenvalue weighted by Crippen LogP contribution is 2.22. The van der Waals surface area contributed by atoms with Gasteiger partial charge in [0.1, 0.15) is 0 Å². The molecule has 0 atom stereocenters. The maximum atomic E-state index is 12.0. The largest absolute Gasteiger partial charge is 0.350 e. The van der Waals surface area contributed by atoms with E-state index in [1.807, 2.05) is 17.5 Å². The molecule has 2 aromatic heterocycles. The number of thiophene rings is 1. The zero-order valence-electron chi connectivity index (χ0n) is 12.7. The highest BCUT2D eigenvalue weighted by molar-refractivity contribution is 7.92. The molecule has 8 heteroatoms. The standard InChI is InChI=1S/C14H19N3O3S2/c1-14(2,3)22(19,20)8-6-15-13(18)11-9-10(16-17-11)12-5-4-7-21-12/h4-5,7,9H,6,8H2,1-3H3,(H,15,18)(H,16,17). The van der Waals surface area contributed by atoms with Crippen LogP contribution in [0.1, 0.15) is 31.3 Å². The van der Waals surface area contributed by atoms with E-state index in [0.29, 0.717) is 0 Å². The minimum absolute atomic E-state index is 0.0691. The molecule has 0 saturated heterocycles. The van der Waals surface area contributed by atoms with E-state index in [1.165, 1.54) is 0 Å². The topological polar surface area (TPSA) is 91.9 Å². The molecule has 0 fully saturated rings. The first-order chi connectivity index (χ1) is 10.2. The van der Waals surface area contributed by atoms with E-state index >= 15 is 0 Å². The van der Waals surface area contributed by atoms with Crippen molar-refractivity contribution in [1.29, 1.82) is 0 Å². The summed E-state index contributed by atoms with van der Waals surface area (Å²) in [6, 6.07) is 5.49. The zero-order valence-corrected chi connectivity index (χ0v) is 14.3. The first-order valence-corrected chi connectivity index (χ1v) is 9.34. The van der Waals surface area contributed by atoms with Crippen LogP contribution in [0.5, 0.6) is 0 Å². The Balaban J connectivity index is 1.94. The highest BCUT2D eigenvalue weighted by Gasteiger charge is 2.28. The molecule has 0 aromatic carbocycles. The van der Waals surface area contributed by atoms with Gasteiger partial charge in [-0.1, -0.05) is 6.07 Å². The third-order valence-corrected chi connectivity index (χ3v) is 6.70. The van der Waals surface area contributed by atoms with E-state index in [2.05, 4.69) is 15.5 Å². The number of hydrogen-bond acceptors (Lipinski definition) is 5. The Morgan fingerprint density at radius 3 is 2.73 bits per heavy atom. The summed E-state index contributed by atoms with van der Waals surface area (Å²) in [6.07, 6.45) is 0. The lowest BCUT2D eigenvalue weighted by Crippen LogP contribution is -2.36. The molecule has 0 unspecified atom stereocenters. The van der Waals surface area contributed by atoms with E-state index in [4.69, 9.17) is 0 Å². The molecule has 1 amide bonds. The normalized spacial score (nSPS) is 12.3. The molecule has 2 N–H and O–H groups in total. The Morgan fingerprint density at radius 2 is 2.14 bits per heavy atom. The predicted octanol–water partition coefficient (Wildman–Crippen LogP) is 2.08. The molecule has 120 valence electrons. The number of rotatable bonds is 5. The number of aromatic nitrogens is 2. The van der Waals surface area contributed by atoms with Gasteiger partial charge in [0, 0.05) is 6.54 Å². The summed E-state index contributed by atoms with van der Waals surface area (Å²) in [5.74, 6) is -0.479. The van der Waals surface area contributed by atoms with Crippen molar-refractivity contribution in [2.45, 2.75) is 25.5 Å². The van der Waals surface area contributed by atoms with Crippen molar-refractivity contribution < 1.29 is 13.2 Å². The molecule has 2 rings (SSSR count). The van der Waals surface area contributed by atoms with Gasteiger partial charge in [-0.2, -0.15) is 5.10 Å². The molecular weight excluding hydrogens is 322 g/mol. The number of H-pyrrole nitrogens is 1. The van der Waals surface area contributed by atoms with Crippen molar-refractivity contribution in [2.24, 2.45) is 0 Å². The van der Waals surface area contributed by atoms with Gasteiger partial charge in [-0.15, -0.1) is 11.3 Å². The van der Waals surface area contributed by atoms with Crippen LogP contribution >= 0.6 is 11.3 Å². The fourth-order valence-electron chi connectivity index (χ4n) is 1.69. The summed E-state index contributed by atoms with van der Waals surface area (Å²) < 4.78 is 23.1. The van der Waals surface area contributed by atoms with Gasteiger partial charge in [0.2, 0.25) is 0 Å². The van der Waals surface area contributed by atoms with Crippen LogP contribution in [-0.2, 0) is 9.84 Å². The number of aromatic amines is 1. The van der Waals surface area contributed by atoms with Gasteiger partial charge in [0.05, 0.1) is 21.1 Å². The summed E-state index contributed by atoms with van der Waals surface area (Å²) in [7, 11) is -3.25. The van der Waals surface area contributed by atoms with Gasteiger partial charge in [0.25, 0.3) is 5.91 Å².